The lowest BCUT2D eigenvalue weighted by Crippen LogP contribution is -2.25. The maximum Gasteiger partial charge on any atom is 0.126 e. The Morgan fingerprint density at radius 2 is 1.89 bits per heavy atom. The molecule has 1 heterocycles. The smallest absolute Gasteiger partial charge is 0.126 e. The summed E-state index contributed by atoms with van der Waals surface area (Å²) in [5.41, 5.74) is 1.87. The Morgan fingerprint density at radius 1 is 1.16 bits per heavy atom. The molecule has 0 aliphatic carbocycles. The van der Waals surface area contributed by atoms with E-state index in [1.807, 2.05) is 18.2 Å². The lowest BCUT2D eigenvalue weighted by Gasteiger charge is -2.17. The lowest BCUT2D eigenvalue weighted by molar-refractivity contribution is 0.171. The van der Waals surface area contributed by atoms with Crippen LogP contribution in [0.2, 0.25) is 0 Å². The van der Waals surface area contributed by atoms with Crippen LogP contribution in [0.4, 0.5) is 4.39 Å². The fourth-order valence-electron chi connectivity index (χ4n) is 2.44. The number of fused-ring (bicyclic) bond motifs is 1. The summed E-state index contributed by atoms with van der Waals surface area (Å²) in [6.45, 7) is 0. The Hall–Kier alpha value is -1.32. The molecule has 0 aromatic heterocycles. The highest BCUT2D eigenvalue weighted by Crippen LogP contribution is 2.38. The molecule has 0 saturated carbocycles. The molecule has 19 heavy (non-hydrogen) atoms. The summed E-state index contributed by atoms with van der Waals surface area (Å²) in [5, 5.41) is 10.4. The molecule has 1 aliphatic heterocycles. The molecule has 0 spiro atoms. The number of halogens is 1. The van der Waals surface area contributed by atoms with Crippen molar-refractivity contribution in [3.8, 4) is 0 Å². The largest absolute Gasteiger partial charge is 0.392 e. The molecule has 1 N–H and O–H groups in total. The van der Waals surface area contributed by atoms with Crippen LogP contribution in [0.1, 0.15) is 11.1 Å². The number of benzene rings is 2. The van der Waals surface area contributed by atoms with Gasteiger partial charge in [-0.05, 0) is 29.7 Å². The summed E-state index contributed by atoms with van der Waals surface area (Å²) in [7, 11) is 0. The van der Waals surface area contributed by atoms with Gasteiger partial charge in [0.25, 0.3) is 0 Å². The van der Waals surface area contributed by atoms with E-state index >= 15 is 0 Å². The van der Waals surface area contributed by atoms with E-state index in [-0.39, 0.29) is 11.1 Å². The average Bonchev–Trinajstić information content (AvgIpc) is 2.85. The maximum absolute atomic E-state index is 13.6. The highest BCUT2D eigenvalue weighted by molar-refractivity contribution is 8.00. The van der Waals surface area contributed by atoms with Crippen molar-refractivity contribution in [2.24, 2.45) is 0 Å². The van der Waals surface area contributed by atoms with Crippen LogP contribution in [0.25, 0.3) is 0 Å². The number of hydrogen-bond donors (Lipinski definition) is 1. The van der Waals surface area contributed by atoms with Crippen LogP contribution < -0.4 is 0 Å². The summed E-state index contributed by atoms with van der Waals surface area (Å²) < 4.78 is 13.6. The van der Waals surface area contributed by atoms with Crippen molar-refractivity contribution in [1.29, 1.82) is 0 Å². The minimum Gasteiger partial charge on any atom is -0.392 e. The van der Waals surface area contributed by atoms with E-state index < -0.39 is 6.10 Å². The van der Waals surface area contributed by atoms with E-state index in [2.05, 4.69) is 12.1 Å². The second kappa shape index (κ2) is 5.35. The van der Waals surface area contributed by atoms with Gasteiger partial charge in [-0.1, -0.05) is 36.4 Å². The van der Waals surface area contributed by atoms with Gasteiger partial charge in [-0.3, -0.25) is 0 Å². The first-order valence-corrected chi connectivity index (χ1v) is 7.28. The van der Waals surface area contributed by atoms with E-state index in [1.54, 1.807) is 23.9 Å². The molecule has 3 rings (SSSR count). The Balaban J connectivity index is 1.70. The predicted molar refractivity (Wildman–Crippen MR) is 75.9 cm³/mol. The normalized spacial score (nSPS) is 19.2. The molecule has 2 aromatic rings. The first-order chi connectivity index (χ1) is 9.24. The minimum atomic E-state index is -0.519. The molecule has 0 radical (unpaired) electrons. The highest BCUT2D eigenvalue weighted by Gasteiger charge is 2.28. The third-order valence-corrected chi connectivity index (χ3v) is 4.92. The van der Waals surface area contributed by atoms with E-state index in [1.165, 1.54) is 16.5 Å². The summed E-state index contributed by atoms with van der Waals surface area (Å²) >= 11 is 1.70. The summed E-state index contributed by atoms with van der Waals surface area (Å²) in [6.07, 6.45) is 0.712. The topological polar surface area (TPSA) is 20.2 Å². The van der Waals surface area contributed by atoms with Crippen molar-refractivity contribution >= 4 is 11.8 Å². The monoisotopic (exact) mass is 274 g/mol. The van der Waals surface area contributed by atoms with Crippen LogP contribution in [0.5, 0.6) is 0 Å². The molecule has 0 bridgehead atoms. The molecule has 0 fully saturated rings. The molecule has 2 unspecified atom stereocenters. The standard InChI is InChI=1S/C16H15FOS/c17-13-7-3-1-5-11(13)9-14(18)16-10-12-6-2-4-8-15(12)19-16/h1-8,14,16,18H,9-10H2. The van der Waals surface area contributed by atoms with Crippen molar-refractivity contribution in [3.05, 3.63) is 65.5 Å². The van der Waals surface area contributed by atoms with E-state index in [0.717, 1.165) is 6.42 Å². The zero-order valence-corrected chi connectivity index (χ0v) is 11.2. The van der Waals surface area contributed by atoms with Gasteiger partial charge in [-0.2, -0.15) is 0 Å². The first-order valence-electron chi connectivity index (χ1n) is 6.40. The average molecular weight is 274 g/mol. The van der Waals surface area contributed by atoms with Gasteiger partial charge in [0.15, 0.2) is 0 Å². The first kappa shape index (κ1) is 12.7. The van der Waals surface area contributed by atoms with Crippen LogP contribution in [0, 0.1) is 5.82 Å². The summed E-state index contributed by atoms with van der Waals surface area (Å²) in [4.78, 5) is 1.24. The number of hydrogen-bond acceptors (Lipinski definition) is 2. The molecular weight excluding hydrogens is 259 g/mol. The van der Waals surface area contributed by atoms with Crippen molar-refractivity contribution in [1.82, 2.24) is 0 Å². The van der Waals surface area contributed by atoms with Gasteiger partial charge in [0.1, 0.15) is 5.82 Å². The molecule has 2 aromatic carbocycles. The van der Waals surface area contributed by atoms with Gasteiger partial charge in [0, 0.05) is 16.6 Å². The van der Waals surface area contributed by atoms with Gasteiger partial charge in [-0.25, -0.2) is 4.39 Å². The summed E-state index contributed by atoms with van der Waals surface area (Å²) in [6, 6.07) is 14.9. The zero-order valence-electron chi connectivity index (χ0n) is 10.4. The van der Waals surface area contributed by atoms with Crippen LogP contribution in [0.15, 0.2) is 53.4 Å². The third kappa shape index (κ3) is 2.67. The SMILES string of the molecule is OC(Cc1ccccc1F)C1Cc2ccccc2S1. The van der Waals surface area contributed by atoms with Crippen molar-refractivity contribution in [2.75, 3.05) is 0 Å². The Labute approximate surface area is 116 Å². The van der Waals surface area contributed by atoms with Crippen LogP contribution in [-0.4, -0.2) is 16.5 Å². The van der Waals surface area contributed by atoms with Gasteiger partial charge in [-0.15, -0.1) is 11.8 Å². The third-order valence-electron chi connectivity index (χ3n) is 3.49. The van der Waals surface area contributed by atoms with Gasteiger partial charge < -0.3 is 5.11 Å². The molecule has 3 heteroatoms. The number of thioether (sulfide) groups is 1. The number of aliphatic hydroxyl groups is 1. The quantitative estimate of drug-likeness (QED) is 0.925. The van der Waals surface area contributed by atoms with Crippen molar-refractivity contribution in [2.45, 2.75) is 29.1 Å². The molecule has 1 aliphatic rings. The van der Waals surface area contributed by atoms with Gasteiger partial charge in [0.2, 0.25) is 0 Å². The predicted octanol–water partition coefficient (Wildman–Crippen LogP) is 3.45. The molecule has 0 amide bonds. The van der Waals surface area contributed by atoms with E-state index in [0.29, 0.717) is 12.0 Å². The molecular formula is C16H15FOS. The Morgan fingerprint density at radius 3 is 2.68 bits per heavy atom. The summed E-state index contributed by atoms with van der Waals surface area (Å²) in [5.74, 6) is -0.234. The minimum absolute atomic E-state index is 0.122. The fraction of sp³-hybridized carbons (Fsp3) is 0.250. The van der Waals surface area contributed by atoms with Crippen molar-refractivity contribution < 1.29 is 9.50 Å². The van der Waals surface area contributed by atoms with E-state index in [9.17, 15) is 9.50 Å². The second-order valence-corrected chi connectivity index (χ2v) is 6.11. The lowest BCUT2D eigenvalue weighted by atomic mass is 10.0. The number of rotatable bonds is 3. The van der Waals surface area contributed by atoms with Gasteiger partial charge >= 0.3 is 0 Å². The van der Waals surface area contributed by atoms with Gasteiger partial charge in [0.05, 0.1) is 6.10 Å². The Kier molecular flexibility index (Phi) is 3.58. The Bertz CT molecular complexity index is 559. The maximum atomic E-state index is 13.6. The van der Waals surface area contributed by atoms with Crippen LogP contribution in [-0.2, 0) is 12.8 Å². The fourth-order valence-corrected chi connectivity index (χ4v) is 3.75. The molecule has 1 nitrogen and oxygen atoms in total. The molecule has 0 saturated heterocycles. The second-order valence-electron chi connectivity index (χ2n) is 4.83. The number of aliphatic hydroxyl groups excluding tert-OH is 1. The van der Waals surface area contributed by atoms with Crippen molar-refractivity contribution in [3.63, 3.8) is 0 Å². The van der Waals surface area contributed by atoms with E-state index in [4.69, 9.17) is 0 Å². The molecule has 2 atom stereocenters. The van der Waals surface area contributed by atoms with Crippen LogP contribution in [0.3, 0.4) is 0 Å². The highest BCUT2D eigenvalue weighted by atomic mass is 32.2. The zero-order chi connectivity index (χ0) is 13.2. The molecule has 98 valence electrons. The van der Waals surface area contributed by atoms with Crippen LogP contribution >= 0.6 is 11.8 Å².